The molecular weight excluding hydrogens is 330 g/mol. The predicted octanol–water partition coefficient (Wildman–Crippen LogP) is 2.66. The van der Waals surface area contributed by atoms with Crippen LogP contribution in [-0.4, -0.2) is 43.2 Å². The van der Waals surface area contributed by atoms with Crippen LogP contribution in [0.3, 0.4) is 0 Å². The van der Waals surface area contributed by atoms with Crippen LogP contribution in [0.4, 0.5) is 5.69 Å². The highest BCUT2D eigenvalue weighted by atomic mass is 16.6. The first kappa shape index (κ1) is 17.8. The normalized spacial score (nSPS) is 15.3. The van der Waals surface area contributed by atoms with Gasteiger partial charge in [0.15, 0.2) is 11.5 Å². The lowest BCUT2D eigenvalue weighted by molar-refractivity contribution is -0.117. The lowest BCUT2D eigenvalue weighted by atomic mass is 10.2. The van der Waals surface area contributed by atoms with Crippen molar-refractivity contribution in [1.82, 2.24) is 4.90 Å². The van der Waals surface area contributed by atoms with Crippen LogP contribution >= 0.6 is 0 Å². The number of anilines is 1. The second kappa shape index (κ2) is 8.37. The van der Waals surface area contributed by atoms with Gasteiger partial charge in [0.25, 0.3) is 0 Å². The van der Waals surface area contributed by atoms with Gasteiger partial charge in [0.1, 0.15) is 12.7 Å². The number of hydrogen-bond donors (Lipinski definition) is 1. The number of rotatable bonds is 6. The monoisotopic (exact) mass is 351 g/mol. The Morgan fingerprint density at radius 3 is 2.85 bits per heavy atom. The van der Waals surface area contributed by atoms with E-state index >= 15 is 0 Å². The third kappa shape index (κ3) is 4.52. The molecule has 1 atom stereocenters. The summed E-state index contributed by atoms with van der Waals surface area (Å²) in [4.78, 5) is 14.3. The van der Waals surface area contributed by atoms with E-state index in [2.05, 4.69) is 11.4 Å². The van der Waals surface area contributed by atoms with Gasteiger partial charge in [0.2, 0.25) is 5.91 Å². The van der Waals surface area contributed by atoms with Gasteiger partial charge in [-0.1, -0.05) is 25.1 Å². The van der Waals surface area contributed by atoms with Crippen molar-refractivity contribution < 1.29 is 14.3 Å². The van der Waals surface area contributed by atoms with E-state index < -0.39 is 0 Å². The number of amides is 1. The summed E-state index contributed by atoms with van der Waals surface area (Å²) in [6.45, 7) is 4.01. The molecule has 134 valence electrons. The van der Waals surface area contributed by atoms with Crippen molar-refractivity contribution in [1.29, 1.82) is 5.26 Å². The highest BCUT2D eigenvalue weighted by Gasteiger charge is 2.23. The topological polar surface area (TPSA) is 74.6 Å². The van der Waals surface area contributed by atoms with E-state index in [4.69, 9.17) is 14.7 Å². The largest absolute Gasteiger partial charge is 0.486 e. The molecule has 2 aromatic rings. The molecule has 0 aromatic heterocycles. The highest BCUT2D eigenvalue weighted by Crippen LogP contribution is 2.30. The molecule has 1 unspecified atom stereocenters. The number of carbonyl (C=O) groups is 1. The van der Waals surface area contributed by atoms with E-state index in [1.165, 1.54) is 0 Å². The summed E-state index contributed by atoms with van der Waals surface area (Å²) in [5.74, 6) is 1.36. The second-order valence-corrected chi connectivity index (χ2v) is 6.07. The van der Waals surface area contributed by atoms with Gasteiger partial charge in [0, 0.05) is 12.2 Å². The van der Waals surface area contributed by atoms with E-state index in [1.807, 2.05) is 36.1 Å². The van der Waals surface area contributed by atoms with Gasteiger partial charge in [-0.25, -0.2) is 0 Å². The molecule has 2 aromatic carbocycles. The van der Waals surface area contributed by atoms with Gasteiger partial charge < -0.3 is 14.8 Å². The van der Waals surface area contributed by atoms with E-state index in [0.717, 1.165) is 11.5 Å². The molecule has 0 spiro atoms. The van der Waals surface area contributed by atoms with Gasteiger partial charge in [-0.15, -0.1) is 0 Å². The molecule has 1 amide bonds. The van der Waals surface area contributed by atoms with E-state index in [1.54, 1.807) is 24.3 Å². The van der Waals surface area contributed by atoms with Crippen LogP contribution in [0.5, 0.6) is 11.5 Å². The zero-order valence-corrected chi connectivity index (χ0v) is 14.6. The summed E-state index contributed by atoms with van der Waals surface area (Å²) in [7, 11) is 0. The molecule has 0 saturated carbocycles. The van der Waals surface area contributed by atoms with Gasteiger partial charge in [-0.05, 0) is 36.9 Å². The Hall–Kier alpha value is -3.04. The number of carbonyl (C=O) groups excluding carboxylic acids is 1. The van der Waals surface area contributed by atoms with Crippen LogP contribution in [0, 0.1) is 11.3 Å². The maximum absolute atomic E-state index is 12.3. The number of likely N-dealkylation sites (N-methyl/N-ethyl adjacent to an activating group) is 1. The molecule has 0 radical (unpaired) electrons. The van der Waals surface area contributed by atoms with Gasteiger partial charge >= 0.3 is 0 Å². The molecule has 6 heteroatoms. The average molecular weight is 351 g/mol. The number of ether oxygens (including phenoxy) is 2. The summed E-state index contributed by atoms with van der Waals surface area (Å²) in [6.07, 6.45) is -0.125. The average Bonchev–Trinajstić information content (AvgIpc) is 2.67. The highest BCUT2D eigenvalue weighted by molar-refractivity contribution is 5.92. The minimum absolute atomic E-state index is 0.125. The van der Waals surface area contributed by atoms with Crippen molar-refractivity contribution in [3.05, 3.63) is 54.1 Å². The molecule has 0 fully saturated rings. The number of para-hydroxylation sites is 2. The van der Waals surface area contributed by atoms with Gasteiger partial charge in [-0.2, -0.15) is 5.26 Å². The Morgan fingerprint density at radius 2 is 2.08 bits per heavy atom. The number of nitriles is 1. The number of nitrogens with zero attached hydrogens (tertiary/aromatic N) is 2. The molecule has 0 saturated heterocycles. The van der Waals surface area contributed by atoms with E-state index in [-0.39, 0.29) is 18.6 Å². The number of benzene rings is 2. The third-order valence-electron chi connectivity index (χ3n) is 4.12. The molecule has 0 bridgehead atoms. The summed E-state index contributed by atoms with van der Waals surface area (Å²) in [5, 5.41) is 11.8. The SMILES string of the molecule is CCN(CC(=O)Nc1cccc(C#N)c1)CC1COc2ccccc2O1. The number of nitrogens with one attached hydrogen (secondary N) is 1. The quantitative estimate of drug-likeness (QED) is 0.866. The summed E-state index contributed by atoms with van der Waals surface area (Å²) in [5.41, 5.74) is 1.14. The molecule has 6 nitrogen and oxygen atoms in total. The van der Waals surface area contributed by atoms with Gasteiger partial charge in [-0.3, -0.25) is 9.69 Å². The maximum atomic E-state index is 12.3. The summed E-state index contributed by atoms with van der Waals surface area (Å²) >= 11 is 0. The van der Waals surface area contributed by atoms with Gasteiger partial charge in [0.05, 0.1) is 18.2 Å². The first-order chi connectivity index (χ1) is 12.7. The fourth-order valence-corrected chi connectivity index (χ4v) is 2.82. The van der Waals surface area contributed by atoms with Crippen LogP contribution in [0.25, 0.3) is 0 Å². The molecule has 26 heavy (non-hydrogen) atoms. The maximum Gasteiger partial charge on any atom is 0.238 e. The Bertz CT molecular complexity index is 816. The Labute approximate surface area is 152 Å². The number of hydrogen-bond acceptors (Lipinski definition) is 5. The van der Waals surface area contributed by atoms with Crippen molar-refractivity contribution in [3.63, 3.8) is 0 Å². The van der Waals surface area contributed by atoms with Crippen molar-refractivity contribution >= 4 is 11.6 Å². The van der Waals surface area contributed by atoms with Crippen molar-refractivity contribution in [2.45, 2.75) is 13.0 Å². The van der Waals surface area contributed by atoms with E-state index in [0.29, 0.717) is 30.9 Å². The minimum atomic E-state index is -0.126. The lowest BCUT2D eigenvalue weighted by Gasteiger charge is -2.30. The molecule has 1 aliphatic rings. The van der Waals surface area contributed by atoms with Crippen LogP contribution in [-0.2, 0) is 4.79 Å². The molecule has 0 aliphatic carbocycles. The second-order valence-electron chi connectivity index (χ2n) is 6.07. The minimum Gasteiger partial charge on any atom is -0.486 e. The van der Waals surface area contributed by atoms with Crippen LogP contribution in [0.15, 0.2) is 48.5 Å². The Kier molecular flexibility index (Phi) is 5.72. The summed E-state index contributed by atoms with van der Waals surface area (Å²) < 4.78 is 11.7. The Balaban J connectivity index is 1.54. The lowest BCUT2D eigenvalue weighted by Crippen LogP contribution is -2.43. The fourth-order valence-electron chi connectivity index (χ4n) is 2.82. The van der Waals surface area contributed by atoms with Crippen molar-refractivity contribution in [3.8, 4) is 17.6 Å². The molecule has 1 heterocycles. The molecule has 1 N–H and O–H groups in total. The standard InChI is InChI=1S/C20H21N3O3/c1-2-23(12-17-14-25-18-8-3-4-9-19(18)26-17)13-20(24)22-16-7-5-6-15(10-16)11-21/h3-10,17H,2,12-14H2,1H3,(H,22,24). The van der Waals surface area contributed by atoms with Crippen LogP contribution in [0.2, 0.25) is 0 Å². The number of fused-ring (bicyclic) bond motifs is 1. The van der Waals surface area contributed by atoms with E-state index in [9.17, 15) is 4.79 Å². The smallest absolute Gasteiger partial charge is 0.238 e. The molecular formula is C20H21N3O3. The first-order valence-corrected chi connectivity index (χ1v) is 8.58. The molecule has 1 aliphatic heterocycles. The molecule has 3 rings (SSSR count). The predicted molar refractivity (Wildman–Crippen MR) is 98.3 cm³/mol. The fraction of sp³-hybridized carbons (Fsp3) is 0.300. The zero-order chi connectivity index (χ0) is 18.4. The van der Waals surface area contributed by atoms with Crippen LogP contribution in [0.1, 0.15) is 12.5 Å². The third-order valence-corrected chi connectivity index (χ3v) is 4.12. The van der Waals surface area contributed by atoms with Crippen LogP contribution < -0.4 is 14.8 Å². The first-order valence-electron chi connectivity index (χ1n) is 8.58. The van der Waals surface area contributed by atoms with Crippen molar-refractivity contribution in [2.75, 3.05) is 31.6 Å². The van der Waals surface area contributed by atoms with Crippen molar-refractivity contribution in [2.24, 2.45) is 0 Å². The zero-order valence-electron chi connectivity index (χ0n) is 14.6. The Morgan fingerprint density at radius 1 is 1.27 bits per heavy atom. The summed E-state index contributed by atoms with van der Waals surface area (Å²) in [6, 6.07) is 16.5.